The Morgan fingerprint density at radius 3 is 2.13 bits per heavy atom. The SMILES string of the molecule is C=C(C)[C@@H]1CC[C@]2(C(=C)O)CC[C@]3(C)C(CCC4[C@@]5(C)CC[C@H](O[C@@H]6OC[C@H](O)[C@H](O)[C@H]6OC6O[C@@H](C)[C@H](O)[C@@H](O)[C@H]6O)[C@@](C)(CO)[C@@H]5CC[C@]43C)C12. The van der Waals surface area contributed by atoms with Gasteiger partial charge in [-0.25, -0.2) is 0 Å². The van der Waals surface area contributed by atoms with Crippen molar-refractivity contribution in [1.29, 1.82) is 0 Å². The highest BCUT2D eigenvalue weighted by Gasteiger charge is 2.72. The Labute approximate surface area is 315 Å². The number of aliphatic hydroxyl groups excluding tert-OH is 7. The molecule has 7 aliphatic rings. The first kappa shape index (κ1) is 40.1. The van der Waals surface area contributed by atoms with Crippen LogP contribution >= 0.6 is 0 Å². The molecular weight excluding hydrogens is 680 g/mol. The molecule has 2 saturated heterocycles. The molecule has 0 bridgehead atoms. The molecule has 4 unspecified atom stereocenters. The Morgan fingerprint density at radius 2 is 1.47 bits per heavy atom. The van der Waals surface area contributed by atoms with Gasteiger partial charge in [-0.2, -0.15) is 0 Å². The van der Waals surface area contributed by atoms with E-state index in [1.165, 1.54) is 5.57 Å². The highest BCUT2D eigenvalue weighted by atomic mass is 16.8. The lowest BCUT2D eigenvalue weighted by Gasteiger charge is -2.73. The van der Waals surface area contributed by atoms with E-state index in [0.29, 0.717) is 35.9 Å². The van der Waals surface area contributed by atoms with Crippen molar-refractivity contribution >= 4 is 0 Å². The van der Waals surface area contributed by atoms with E-state index in [9.17, 15) is 35.7 Å². The van der Waals surface area contributed by atoms with Crippen LogP contribution in [0.4, 0.5) is 0 Å². The second-order valence-corrected chi connectivity index (χ2v) is 19.7. The molecule has 53 heavy (non-hydrogen) atoms. The molecule has 2 aliphatic heterocycles. The third-order valence-electron chi connectivity index (χ3n) is 17.6. The summed E-state index contributed by atoms with van der Waals surface area (Å²) in [6, 6.07) is 0. The second kappa shape index (κ2) is 13.8. The van der Waals surface area contributed by atoms with Gasteiger partial charge in [-0.1, -0.05) is 46.4 Å². The van der Waals surface area contributed by atoms with Gasteiger partial charge in [0.2, 0.25) is 0 Å². The fourth-order valence-corrected chi connectivity index (χ4v) is 14.3. The van der Waals surface area contributed by atoms with Crippen molar-refractivity contribution in [2.45, 2.75) is 167 Å². The molecule has 302 valence electrons. The molecule has 0 amide bonds. The zero-order chi connectivity index (χ0) is 38.6. The van der Waals surface area contributed by atoms with E-state index in [0.717, 1.165) is 57.8 Å². The van der Waals surface area contributed by atoms with E-state index < -0.39 is 66.8 Å². The zero-order valence-electron chi connectivity index (χ0n) is 32.8. The average Bonchev–Trinajstić information content (AvgIpc) is 3.52. The van der Waals surface area contributed by atoms with Crippen LogP contribution in [0.1, 0.15) is 106 Å². The monoisotopic (exact) mass is 748 g/mol. The summed E-state index contributed by atoms with van der Waals surface area (Å²) in [6.07, 6.45) is -2.55. The first-order valence-electron chi connectivity index (χ1n) is 20.4. The first-order chi connectivity index (χ1) is 24.8. The molecule has 0 aromatic rings. The molecule has 2 heterocycles. The number of hydrogen-bond donors (Lipinski definition) is 7. The van der Waals surface area contributed by atoms with Gasteiger partial charge < -0.3 is 54.7 Å². The maximum absolute atomic E-state index is 11.3. The highest BCUT2D eigenvalue weighted by molar-refractivity contribution is 5.25. The van der Waals surface area contributed by atoms with Crippen LogP contribution in [0.3, 0.4) is 0 Å². The van der Waals surface area contributed by atoms with Crippen LogP contribution < -0.4 is 0 Å². The lowest BCUT2D eigenvalue weighted by Crippen LogP contribution is -2.68. The Morgan fingerprint density at radius 1 is 0.755 bits per heavy atom. The van der Waals surface area contributed by atoms with E-state index in [1.807, 2.05) is 0 Å². The van der Waals surface area contributed by atoms with Crippen molar-refractivity contribution in [3.63, 3.8) is 0 Å². The van der Waals surface area contributed by atoms with Gasteiger partial charge in [-0.15, -0.1) is 0 Å². The van der Waals surface area contributed by atoms with Gasteiger partial charge in [-0.3, -0.25) is 0 Å². The standard InChI is InChI=1S/C42H68O11/c1-21(2)24-11-16-42(23(4)44)18-17-40(7)25(30(24)42)9-10-28-38(5)14-13-29(39(6,20-43)27(38)12-15-41(28,40)8)52-37-35(32(47)26(45)19-50-37)53-36-34(49)33(48)31(46)22(3)51-36/h22,24-37,43-49H,1,4,9-20H2,2-3,5-8H3/t22-,24-,25?,26-,27+,28?,29-,30?,31-,32-,33+,34+,35+,36?,37-,38-,39-,40+,41+,42+/m0/s1. The first-order valence-corrected chi connectivity index (χ1v) is 20.4. The summed E-state index contributed by atoms with van der Waals surface area (Å²) in [7, 11) is 0. The van der Waals surface area contributed by atoms with Gasteiger partial charge in [0.15, 0.2) is 12.6 Å². The Bertz CT molecular complexity index is 1410. The average molecular weight is 749 g/mol. The molecule has 7 rings (SSSR count). The van der Waals surface area contributed by atoms with E-state index in [-0.39, 0.29) is 40.8 Å². The molecule has 0 radical (unpaired) electrons. The Balaban J connectivity index is 1.14. The fourth-order valence-electron chi connectivity index (χ4n) is 14.3. The number of ether oxygens (including phenoxy) is 4. The van der Waals surface area contributed by atoms with Crippen molar-refractivity contribution in [2.24, 2.45) is 56.7 Å². The van der Waals surface area contributed by atoms with Crippen molar-refractivity contribution in [1.82, 2.24) is 0 Å². The molecule has 11 heteroatoms. The minimum Gasteiger partial charge on any atom is -0.512 e. The highest BCUT2D eigenvalue weighted by Crippen LogP contribution is 2.78. The zero-order valence-corrected chi connectivity index (χ0v) is 32.8. The van der Waals surface area contributed by atoms with Crippen LogP contribution in [0.15, 0.2) is 24.5 Å². The number of allylic oxidation sites excluding steroid dienone is 2. The molecule has 7 N–H and O–H groups in total. The summed E-state index contributed by atoms with van der Waals surface area (Å²) in [5.74, 6) is 2.16. The van der Waals surface area contributed by atoms with Gasteiger partial charge in [0, 0.05) is 10.8 Å². The maximum atomic E-state index is 11.3. The van der Waals surface area contributed by atoms with Gasteiger partial charge in [0.1, 0.15) is 36.6 Å². The number of fused-ring (bicyclic) bond motifs is 7. The lowest BCUT2D eigenvalue weighted by atomic mass is 9.32. The fraction of sp³-hybridized carbons (Fsp3) is 0.905. The molecule has 5 aliphatic carbocycles. The predicted molar refractivity (Wildman–Crippen MR) is 196 cm³/mol. The van der Waals surface area contributed by atoms with E-state index in [4.69, 9.17) is 18.9 Å². The van der Waals surface area contributed by atoms with E-state index in [2.05, 4.69) is 47.8 Å². The third kappa shape index (κ3) is 5.71. The molecule has 7 fully saturated rings. The summed E-state index contributed by atoms with van der Waals surface area (Å²) >= 11 is 0. The van der Waals surface area contributed by atoms with Crippen molar-refractivity contribution in [3.8, 4) is 0 Å². The number of hydrogen-bond acceptors (Lipinski definition) is 11. The molecular formula is C42H68O11. The summed E-state index contributed by atoms with van der Waals surface area (Å²) in [6.45, 7) is 21.7. The molecule has 0 aromatic heterocycles. The van der Waals surface area contributed by atoms with Crippen molar-refractivity contribution in [3.05, 3.63) is 24.5 Å². The smallest absolute Gasteiger partial charge is 0.187 e. The van der Waals surface area contributed by atoms with Crippen LogP contribution in [0, 0.1) is 56.7 Å². The lowest BCUT2D eigenvalue weighted by molar-refractivity contribution is -0.366. The topological polar surface area (TPSA) is 179 Å². The number of aliphatic hydroxyl groups is 7. The summed E-state index contributed by atoms with van der Waals surface area (Å²) in [4.78, 5) is 0. The minimum atomic E-state index is -1.61. The Hall–Kier alpha value is -1.12. The van der Waals surface area contributed by atoms with Crippen LogP contribution in [0.25, 0.3) is 0 Å². The maximum Gasteiger partial charge on any atom is 0.187 e. The van der Waals surface area contributed by atoms with Gasteiger partial charge >= 0.3 is 0 Å². The summed E-state index contributed by atoms with van der Waals surface area (Å²) < 4.78 is 24.4. The van der Waals surface area contributed by atoms with Crippen molar-refractivity contribution in [2.75, 3.05) is 13.2 Å². The third-order valence-corrected chi connectivity index (χ3v) is 17.6. The summed E-state index contributed by atoms with van der Waals surface area (Å²) in [5.41, 5.74) is 0.437. The van der Waals surface area contributed by atoms with E-state index >= 15 is 0 Å². The normalized spacial score (nSPS) is 56.7. The van der Waals surface area contributed by atoms with Gasteiger partial charge in [0.25, 0.3) is 0 Å². The van der Waals surface area contributed by atoms with Gasteiger partial charge in [-0.05, 0) is 124 Å². The minimum absolute atomic E-state index is 0.0664. The molecule has 20 atom stereocenters. The number of rotatable bonds is 7. The largest absolute Gasteiger partial charge is 0.512 e. The molecule has 0 aromatic carbocycles. The predicted octanol–water partition coefficient (Wildman–Crippen LogP) is 4.36. The Kier molecular flexibility index (Phi) is 10.4. The van der Waals surface area contributed by atoms with Crippen LogP contribution in [-0.4, -0.2) is 110 Å². The van der Waals surface area contributed by atoms with E-state index in [1.54, 1.807) is 6.92 Å². The molecule has 5 saturated carbocycles. The van der Waals surface area contributed by atoms with Crippen LogP contribution in [-0.2, 0) is 18.9 Å². The van der Waals surface area contributed by atoms with Crippen LogP contribution in [0.5, 0.6) is 0 Å². The second-order valence-electron chi connectivity index (χ2n) is 19.7. The quantitative estimate of drug-likeness (QED) is 0.112. The summed E-state index contributed by atoms with van der Waals surface area (Å²) in [5, 5.41) is 75.4. The van der Waals surface area contributed by atoms with Crippen LogP contribution in [0.2, 0.25) is 0 Å². The van der Waals surface area contributed by atoms with Crippen molar-refractivity contribution < 1.29 is 54.7 Å². The van der Waals surface area contributed by atoms with Gasteiger partial charge in [0.05, 0.1) is 31.2 Å². The molecule has 11 nitrogen and oxygen atoms in total. The molecule has 0 spiro atoms.